The van der Waals surface area contributed by atoms with E-state index >= 15 is 0 Å². The summed E-state index contributed by atoms with van der Waals surface area (Å²) < 4.78 is 15.0. The van der Waals surface area contributed by atoms with Crippen molar-refractivity contribution in [3.05, 3.63) is 12.7 Å². The van der Waals surface area contributed by atoms with Gasteiger partial charge in [-0.3, -0.25) is 0 Å². The Morgan fingerprint density at radius 1 is 1.50 bits per heavy atom. The largest absolute Gasteiger partial charge is 0.475 e. The average molecular weight is 225 g/mol. The van der Waals surface area contributed by atoms with Crippen LogP contribution in [-0.4, -0.2) is 24.3 Å². The molecule has 0 N–H and O–H groups in total. The van der Waals surface area contributed by atoms with E-state index in [9.17, 15) is 0 Å². The number of ether oxygens (including phenoxy) is 2. The van der Waals surface area contributed by atoms with Gasteiger partial charge in [0.2, 0.25) is 0 Å². The maximum Gasteiger partial charge on any atom is 0.252 e. The normalized spacial score (nSPS) is 26.3. The van der Waals surface area contributed by atoms with E-state index < -0.39 is 0 Å². The summed E-state index contributed by atoms with van der Waals surface area (Å²) in [5, 5.41) is 0. The van der Waals surface area contributed by atoms with Crippen molar-refractivity contribution in [3.8, 4) is 5.88 Å². The van der Waals surface area contributed by atoms with Gasteiger partial charge in [-0.2, -0.15) is 4.98 Å². The van der Waals surface area contributed by atoms with E-state index in [2.05, 4.69) is 9.40 Å². The van der Waals surface area contributed by atoms with Crippen LogP contribution >= 0.6 is 0 Å². The molecule has 2 aliphatic rings. The Kier molecular flexibility index (Phi) is 4.22. The molecule has 1 aliphatic carbocycles. The van der Waals surface area contributed by atoms with E-state index in [0.717, 1.165) is 18.9 Å². The lowest BCUT2D eigenvalue weighted by atomic mass is 10.0. The maximum absolute atomic E-state index is 5.25. The summed E-state index contributed by atoms with van der Waals surface area (Å²) in [7, 11) is 0. The topological polar surface area (TPSA) is 44.5 Å². The quantitative estimate of drug-likeness (QED) is 0.793. The highest BCUT2D eigenvalue weighted by atomic mass is 16.5. The Morgan fingerprint density at radius 3 is 2.88 bits per heavy atom. The van der Waals surface area contributed by atoms with Gasteiger partial charge in [0, 0.05) is 5.92 Å². The van der Waals surface area contributed by atoms with Crippen molar-refractivity contribution in [2.45, 2.75) is 38.7 Å². The highest BCUT2D eigenvalue weighted by Crippen LogP contribution is 2.35. The second-order valence-electron chi connectivity index (χ2n) is 4.24. The summed E-state index contributed by atoms with van der Waals surface area (Å²) in [6.45, 7) is 3.80. The fourth-order valence-corrected chi connectivity index (χ4v) is 2.02. The van der Waals surface area contributed by atoms with Crippen LogP contribution in [0.1, 0.15) is 32.6 Å². The van der Waals surface area contributed by atoms with Crippen molar-refractivity contribution < 1.29 is 13.9 Å². The standard InChI is InChI=1S/C6H9NO2.C6H10O/c1-2-3-9-6-4-8-5-7-6;1-2-5-4-7-6(5)3-1/h4-5H,2-3H2,1H3;5-6H,1-4H2. The van der Waals surface area contributed by atoms with E-state index in [0.29, 0.717) is 18.6 Å². The molecule has 2 atom stereocenters. The van der Waals surface area contributed by atoms with Crippen LogP contribution in [0.25, 0.3) is 0 Å². The number of oxazole rings is 1. The number of aromatic nitrogens is 1. The molecule has 1 aliphatic heterocycles. The Morgan fingerprint density at radius 2 is 2.44 bits per heavy atom. The minimum absolute atomic E-state index is 0.567. The zero-order valence-corrected chi connectivity index (χ0v) is 9.72. The van der Waals surface area contributed by atoms with Crippen LogP contribution in [-0.2, 0) is 4.74 Å². The molecular formula is C12H19NO3. The van der Waals surface area contributed by atoms with Crippen molar-refractivity contribution in [3.63, 3.8) is 0 Å². The van der Waals surface area contributed by atoms with Crippen LogP contribution in [0.4, 0.5) is 0 Å². The third-order valence-electron chi connectivity index (χ3n) is 2.98. The lowest BCUT2D eigenvalue weighted by molar-refractivity contribution is -0.0940. The second kappa shape index (κ2) is 5.89. The highest BCUT2D eigenvalue weighted by molar-refractivity contribution is 4.97. The Balaban J connectivity index is 0.000000123. The van der Waals surface area contributed by atoms with Crippen LogP contribution in [0.15, 0.2) is 17.1 Å². The Hall–Kier alpha value is -1.03. The van der Waals surface area contributed by atoms with Gasteiger partial charge in [0.15, 0.2) is 12.7 Å². The predicted octanol–water partition coefficient (Wildman–Crippen LogP) is 2.65. The summed E-state index contributed by atoms with van der Waals surface area (Å²) >= 11 is 0. The van der Waals surface area contributed by atoms with Crippen molar-refractivity contribution in [2.24, 2.45) is 5.92 Å². The fraction of sp³-hybridized carbons (Fsp3) is 0.750. The first-order valence-corrected chi connectivity index (χ1v) is 6.02. The molecule has 2 unspecified atom stereocenters. The molecule has 1 saturated carbocycles. The molecule has 16 heavy (non-hydrogen) atoms. The van der Waals surface area contributed by atoms with Crippen molar-refractivity contribution in [1.82, 2.24) is 4.98 Å². The van der Waals surface area contributed by atoms with E-state index in [-0.39, 0.29) is 0 Å². The summed E-state index contributed by atoms with van der Waals surface area (Å²) in [6.07, 6.45) is 8.71. The molecule has 1 aromatic rings. The third kappa shape index (κ3) is 2.98. The van der Waals surface area contributed by atoms with Crippen molar-refractivity contribution >= 4 is 0 Å². The second-order valence-corrected chi connectivity index (χ2v) is 4.24. The SMILES string of the molecule is C1CC2COC2C1.CCCOc1cocn1. The Labute approximate surface area is 96.0 Å². The smallest absolute Gasteiger partial charge is 0.252 e. The van der Waals surface area contributed by atoms with Crippen LogP contribution in [0, 0.1) is 5.92 Å². The minimum atomic E-state index is 0.567. The van der Waals surface area contributed by atoms with Crippen LogP contribution < -0.4 is 4.74 Å². The molecule has 4 heteroatoms. The first-order valence-electron chi connectivity index (χ1n) is 6.02. The molecule has 4 nitrogen and oxygen atoms in total. The van der Waals surface area contributed by atoms with Gasteiger partial charge in [0.1, 0.15) is 0 Å². The molecule has 0 aromatic carbocycles. The first-order chi connectivity index (χ1) is 7.90. The molecule has 90 valence electrons. The van der Waals surface area contributed by atoms with Gasteiger partial charge < -0.3 is 13.9 Å². The third-order valence-corrected chi connectivity index (χ3v) is 2.98. The van der Waals surface area contributed by atoms with Gasteiger partial charge >= 0.3 is 0 Å². The van der Waals surface area contributed by atoms with E-state index in [4.69, 9.17) is 9.47 Å². The molecule has 0 spiro atoms. The predicted molar refractivity (Wildman–Crippen MR) is 59.4 cm³/mol. The zero-order valence-electron chi connectivity index (χ0n) is 9.72. The zero-order chi connectivity index (χ0) is 11.2. The van der Waals surface area contributed by atoms with E-state index in [1.54, 1.807) is 0 Å². The van der Waals surface area contributed by atoms with Gasteiger partial charge in [-0.1, -0.05) is 13.3 Å². The molecule has 0 radical (unpaired) electrons. The average Bonchev–Trinajstić information content (AvgIpc) is 2.87. The number of rotatable bonds is 3. The molecule has 2 fully saturated rings. The molecule has 2 heterocycles. The fourth-order valence-electron chi connectivity index (χ4n) is 2.02. The van der Waals surface area contributed by atoms with Crippen LogP contribution in [0.3, 0.4) is 0 Å². The van der Waals surface area contributed by atoms with Crippen LogP contribution in [0.2, 0.25) is 0 Å². The molecule has 1 saturated heterocycles. The molecule has 3 rings (SSSR count). The molecule has 0 bridgehead atoms. The van der Waals surface area contributed by atoms with Crippen LogP contribution in [0.5, 0.6) is 5.88 Å². The Bertz CT molecular complexity index is 276. The molecule has 1 aromatic heterocycles. The summed E-state index contributed by atoms with van der Waals surface area (Å²) in [5.41, 5.74) is 0. The minimum Gasteiger partial charge on any atom is -0.475 e. The molecule has 0 amide bonds. The first kappa shape index (κ1) is 11.5. The van der Waals surface area contributed by atoms with Gasteiger partial charge in [-0.15, -0.1) is 0 Å². The number of hydrogen-bond donors (Lipinski definition) is 0. The monoisotopic (exact) mass is 225 g/mol. The van der Waals surface area contributed by atoms with E-state index in [1.165, 1.54) is 31.9 Å². The van der Waals surface area contributed by atoms with Gasteiger partial charge in [-0.25, -0.2) is 0 Å². The lowest BCUT2D eigenvalue weighted by Gasteiger charge is -2.30. The summed E-state index contributed by atoms with van der Waals surface area (Å²) in [5.74, 6) is 1.54. The number of nitrogens with zero attached hydrogens (tertiary/aromatic N) is 1. The number of fused-ring (bicyclic) bond motifs is 1. The lowest BCUT2D eigenvalue weighted by Crippen LogP contribution is -2.34. The maximum atomic E-state index is 5.25. The summed E-state index contributed by atoms with van der Waals surface area (Å²) in [4.78, 5) is 3.76. The van der Waals surface area contributed by atoms with Crippen molar-refractivity contribution in [2.75, 3.05) is 13.2 Å². The van der Waals surface area contributed by atoms with E-state index in [1.807, 2.05) is 6.92 Å². The molecular weight excluding hydrogens is 206 g/mol. The summed E-state index contributed by atoms with van der Waals surface area (Å²) in [6, 6.07) is 0. The van der Waals surface area contributed by atoms with Crippen molar-refractivity contribution in [1.29, 1.82) is 0 Å². The van der Waals surface area contributed by atoms with Gasteiger partial charge in [0.25, 0.3) is 5.88 Å². The number of hydrogen-bond acceptors (Lipinski definition) is 4. The highest BCUT2D eigenvalue weighted by Gasteiger charge is 2.35. The van der Waals surface area contributed by atoms with Gasteiger partial charge in [-0.05, 0) is 19.3 Å². The van der Waals surface area contributed by atoms with Gasteiger partial charge in [0.05, 0.1) is 19.3 Å².